The van der Waals surface area contributed by atoms with Crippen molar-refractivity contribution in [1.29, 1.82) is 0 Å². The number of benzene rings is 1. The normalized spacial score (nSPS) is 12.2. The lowest BCUT2D eigenvalue weighted by atomic mass is 10.2. The lowest BCUT2D eigenvalue weighted by Gasteiger charge is -2.15. The third-order valence-corrected chi connectivity index (χ3v) is 3.98. The van der Waals surface area contributed by atoms with Crippen molar-refractivity contribution in [2.24, 2.45) is 0 Å². The van der Waals surface area contributed by atoms with Gasteiger partial charge in [-0.2, -0.15) is 8.42 Å². The van der Waals surface area contributed by atoms with Crippen LogP contribution >= 0.6 is 0 Å². The molecule has 20 heavy (non-hydrogen) atoms. The molecule has 3 nitrogen and oxygen atoms in total. The zero-order valence-corrected chi connectivity index (χ0v) is 11.3. The van der Waals surface area contributed by atoms with Crippen molar-refractivity contribution in [3.63, 3.8) is 0 Å². The standard InChI is InChI=1S/C11H11F5O3S/c1-3-5(4-2)19-20(17,18)11-9(15)7(13)6(12)8(14)10(11)16/h5H,3-4H2,1-2H3. The summed E-state index contributed by atoms with van der Waals surface area (Å²) in [6.45, 7) is 3.09. The summed E-state index contributed by atoms with van der Waals surface area (Å²) >= 11 is 0. The topological polar surface area (TPSA) is 43.4 Å². The van der Waals surface area contributed by atoms with E-state index in [0.717, 1.165) is 0 Å². The van der Waals surface area contributed by atoms with E-state index in [4.69, 9.17) is 0 Å². The van der Waals surface area contributed by atoms with Gasteiger partial charge in [-0.3, -0.25) is 4.18 Å². The van der Waals surface area contributed by atoms with Gasteiger partial charge in [0.25, 0.3) is 0 Å². The highest BCUT2D eigenvalue weighted by molar-refractivity contribution is 7.86. The van der Waals surface area contributed by atoms with E-state index in [2.05, 4.69) is 4.18 Å². The Bertz CT molecular complexity index is 582. The summed E-state index contributed by atoms with van der Waals surface area (Å²) in [5, 5.41) is 0. The molecule has 0 aromatic heterocycles. The number of hydrogen-bond donors (Lipinski definition) is 0. The molecule has 114 valence electrons. The van der Waals surface area contributed by atoms with Gasteiger partial charge in [-0.25, -0.2) is 22.0 Å². The summed E-state index contributed by atoms with van der Waals surface area (Å²) < 4.78 is 93.3. The molecule has 0 saturated heterocycles. The van der Waals surface area contributed by atoms with Crippen molar-refractivity contribution in [2.75, 3.05) is 0 Å². The van der Waals surface area contributed by atoms with Crippen LogP contribution in [0.4, 0.5) is 22.0 Å². The minimum absolute atomic E-state index is 0.186. The molecule has 0 bridgehead atoms. The SMILES string of the molecule is CCC(CC)OS(=O)(=O)c1c(F)c(F)c(F)c(F)c1F. The predicted molar refractivity (Wildman–Crippen MR) is 58.9 cm³/mol. The van der Waals surface area contributed by atoms with Crippen molar-refractivity contribution >= 4 is 10.1 Å². The molecule has 0 radical (unpaired) electrons. The number of halogens is 5. The predicted octanol–water partition coefficient (Wildman–Crippen LogP) is 3.28. The molecule has 0 heterocycles. The monoisotopic (exact) mass is 318 g/mol. The fourth-order valence-electron chi connectivity index (χ4n) is 1.46. The first-order chi connectivity index (χ1) is 9.17. The molecule has 0 amide bonds. The lowest BCUT2D eigenvalue weighted by molar-refractivity contribution is 0.197. The average Bonchev–Trinajstić information content (AvgIpc) is 2.40. The second kappa shape index (κ2) is 6.04. The van der Waals surface area contributed by atoms with Crippen LogP contribution in [0.2, 0.25) is 0 Å². The Balaban J connectivity index is 3.47. The third-order valence-electron chi connectivity index (χ3n) is 2.59. The quantitative estimate of drug-likeness (QED) is 0.362. The molecule has 1 aromatic rings. The summed E-state index contributed by atoms with van der Waals surface area (Å²) in [7, 11) is -5.10. The van der Waals surface area contributed by atoms with Crippen LogP contribution in [0, 0.1) is 29.1 Å². The van der Waals surface area contributed by atoms with Crippen molar-refractivity contribution in [3.8, 4) is 0 Å². The molecular weight excluding hydrogens is 307 g/mol. The Morgan fingerprint density at radius 3 is 1.55 bits per heavy atom. The van der Waals surface area contributed by atoms with Crippen LogP contribution in [-0.2, 0) is 14.3 Å². The second-order valence-corrected chi connectivity index (χ2v) is 5.40. The molecule has 0 unspecified atom stereocenters. The van der Waals surface area contributed by atoms with Gasteiger partial charge in [-0.15, -0.1) is 0 Å². The minimum Gasteiger partial charge on any atom is -0.263 e. The first kappa shape index (κ1) is 16.8. The molecule has 1 rings (SSSR count). The third kappa shape index (κ3) is 2.93. The largest absolute Gasteiger partial charge is 0.303 e. The fraction of sp³-hybridized carbons (Fsp3) is 0.455. The molecule has 0 atom stereocenters. The van der Waals surface area contributed by atoms with Crippen LogP contribution < -0.4 is 0 Å². The highest BCUT2D eigenvalue weighted by Gasteiger charge is 2.35. The highest BCUT2D eigenvalue weighted by Crippen LogP contribution is 2.28. The zero-order valence-electron chi connectivity index (χ0n) is 10.5. The Morgan fingerprint density at radius 1 is 0.850 bits per heavy atom. The molecule has 0 spiro atoms. The first-order valence-corrected chi connectivity index (χ1v) is 7.02. The highest BCUT2D eigenvalue weighted by atomic mass is 32.2. The summed E-state index contributed by atoms with van der Waals surface area (Å²) in [6, 6.07) is 0. The maximum absolute atomic E-state index is 13.4. The summed E-state index contributed by atoms with van der Waals surface area (Å²) in [5.74, 6) is -12.0. The van der Waals surface area contributed by atoms with E-state index < -0.39 is 50.2 Å². The van der Waals surface area contributed by atoms with E-state index in [1.165, 1.54) is 0 Å². The van der Waals surface area contributed by atoms with Gasteiger partial charge < -0.3 is 0 Å². The molecular formula is C11H11F5O3S. The van der Waals surface area contributed by atoms with Gasteiger partial charge in [0.05, 0.1) is 6.10 Å². The van der Waals surface area contributed by atoms with Crippen molar-refractivity contribution < 1.29 is 34.6 Å². The lowest BCUT2D eigenvalue weighted by Crippen LogP contribution is -2.21. The summed E-state index contributed by atoms with van der Waals surface area (Å²) in [4.78, 5) is -1.97. The van der Waals surface area contributed by atoms with E-state index in [1.54, 1.807) is 13.8 Å². The van der Waals surface area contributed by atoms with Crippen LogP contribution in [-0.4, -0.2) is 14.5 Å². The van der Waals surface area contributed by atoms with Gasteiger partial charge in [-0.05, 0) is 12.8 Å². The van der Waals surface area contributed by atoms with E-state index in [9.17, 15) is 30.4 Å². The van der Waals surface area contributed by atoms with Crippen molar-refractivity contribution in [2.45, 2.75) is 37.7 Å². The average molecular weight is 318 g/mol. The Kier molecular flexibility index (Phi) is 5.09. The van der Waals surface area contributed by atoms with Gasteiger partial charge in [0.1, 0.15) is 0 Å². The number of rotatable bonds is 5. The second-order valence-electron chi connectivity index (χ2n) is 3.89. The molecule has 0 aliphatic heterocycles. The Labute approximate surface area is 112 Å². The Morgan fingerprint density at radius 2 is 1.20 bits per heavy atom. The van der Waals surface area contributed by atoms with E-state index >= 15 is 0 Å². The maximum atomic E-state index is 13.4. The Hall–Kier alpha value is -1.22. The zero-order chi connectivity index (χ0) is 15.7. The molecule has 1 aromatic carbocycles. The summed E-state index contributed by atoms with van der Waals surface area (Å²) in [5.41, 5.74) is 0. The van der Waals surface area contributed by atoms with E-state index in [-0.39, 0.29) is 12.8 Å². The molecule has 0 fully saturated rings. The van der Waals surface area contributed by atoms with Gasteiger partial charge in [0.15, 0.2) is 28.2 Å². The van der Waals surface area contributed by atoms with Crippen molar-refractivity contribution in [3.05, 3.63) is 29.1 Å². The van der Waals surface area contributed by atoms with Crippen LogP contribution in [0.1, 0.15) is 26.7 Å². The maximum Gasteiger partial charge on any atom is 0.303 e. The molecule has 0 aliphatic rings. The first-order valence-electron chi connectivity index (χ1n) is 5.62. The van der Waals surface area contributed by atoms with Crippen LogP contribution in [0.5, 0.6) is 0 Å². The van der Waals surface area contributed by atoms with Crippen LogP contribution in [0.15, 0.2) is 4.90 Å². The van der Waals surface area contributed by atoms with Gasteiger partial charge in [0, 0.05) is 0 Å². The molecule has 0 N–H and O–H groups in total. The van der Waals surface area contributed by atoms with Crippen molar-refractivity contribution in [1.82, 2.24) is 0 Å². The van der Waals surface area contributed by atoms with E-state index in [1.807, 2.05) is 0 Å². The van der Waals surface area contributed by atoms with Gasteiger partial charge in [-0.1, -0.05) is 13.8 Å². The van der Waals surface area contributed by atoms with Gasteiger partial charge >= 0.3 is 10.1 Å². The number of hydrogen-bond acceptors (Lipinski definition) is 3. The smallest absolute Gasteiger partial charge is 0.263 e. The van der Waals surface area contributed by atoms with Gasteiger partial charge in [0.2, 0.25) is 5.82 Å². The van der Waals surface area contributed by atoms with E-state index in [0.29, 0.717) is 0 Å². The molecule has 9 heteroatoms. The van der Waals surface area contributed by atoms with Crippen LogP contribution in [0.25, 0.3) is 0 Å². The summed E-state index contributed by atoms with van der Waals surface area (Å²) in [6.07, 6.45) is -0.550. The van der Waals surface area contributed by atoms with Crippen LogP contribution in [0.3, 0.4) is 0 Å². The molecule has 0 saturated carbocycles. The minimum atomic E-state index is -5.10. The fourth-order valence-corrected chi connectivity index (χ4v) is 2.80. The molecule has 0 aliphatic carbocycles.